The molecule has 23 heavy (non-hydrogen) atoms. The van der Waals surface area contributed by atoms with Gasteiger partial charge in [0.1, 0.15) is 5.82 Å². The highest BCUT2D eigenvalue weighted by Crippen LogP contribution is 2.11. The molecule has 0 aliphatic heterocycles. The second-order valence-corrected chi connectivity index (χ2v) is 5.15. The Labute approximate surface area is 135 Å². The lowest BCUT2D eigenvalue weighted by molar-refractivity contribution is -0.114. The van der Waals surface area contributed by atoms with Crippen molar-refractivity contribution in [1.29, 1.82) is 0 Å². The summed E-state index contributed by atoms with van der Waals surface area (Å²) >= 11 is 0. The number of aryl methyl sites for hydroxylation is 1. The highest BCUT2D eigenvalue weighted by molar-refractivity contribution is 5.99. The molecule has 2 rings (SSSR count). The highest BCUT2D eigenvalue weighted by atomic mass is 16.6. The number of oxime groups is 1. The van der Waals surface area contributed by atoms with Crippen LogP contribution >= 0.6 is 0 Å². The quantitative estimate of drug-likeness (QED) is 0.655. The maximum atomic E-state index is 11.0. The third-order valence-electron chi connectivity index (χ3n) is 3.39. The van der Waals surface area contributed by atoms with E-state index in [-0.39, 0.29) is 12.5 Å². The molecule has 0 fully saturated rings. The van der Waals surface area contributed by atoms with E-state index in [0.717, 1.165) is 35.0 Å². The minimum absolute atomic E-state index is 0.0957. The van der Waals surface area contributed by atoms with Crippen LogP contribution < -0.4 is 5.32 Å². The first-order valence-electron chi connectivity index (χ1n) is 7.43. The van der Waals surface area contributed by atoms with Gasteiger partial charge in [-0.25, -0.2) is 0 Å². The smallest absolute Gasteiger partial charge is 0.221 e. The number of nitrogens with one attached hydrogen (secondary N) is 1. The van der Waals surface area contributed by atoms with Gasteiger partial charge < -0.3 is 14.7 Å². The summed E-state index contributed by atoms with van der Waals surface area (Å²) in [6.07, 6.45) is 0.826. The Balaban J connectivity index is 1.96. The number of anilines is 1. The number of amides is 1. The summed E-state index contributed by atoms with van der Waals surface area (Å²) in [6.45, 7) is 5.64. The number of carbonyl (C=O) groups is 1. The molecule has 0 radical (unpaired) electrons. The predicted octanol–water partition coefficient (Wildman–Crippen LogP) is 2.28. The van der Waals surface area contributed by atoms with Crippen molar-refractivity contribution in [2.45, 2.75) is 33.8 Å². The summed E-state index contributed by atoms with van der Waals surface area (Å²) < 4.78 is 1.91. The molecular formula is C16H21N5O2. The normalized spacial score (nSPS) is 11.4. The fourth-order valence-corrected chi connectivity index (χ4v) is 2.07. The summed E-state index contributed by atoms with van der Waals surface area (Å²) in [6, 6.07) is 7.41. The van der Waals surface area contributed by atoms with Gasteiger partial charge in [0, 0.05) is 26.1 Å². The van der Waals surface area contributed by atoms with Gasteiger partial charge in [0.25, 0.3) is 0 Å². The van der Waals surface area contributed by atoms with Crippen molar-refractivity contribution in [3.05, 3.63) is 41.5 Å². The molecule has 0 aliphatic rings. The summed E-state index contributed by atoms with van der Waals surface area (Å²) in [7, 11) is 1.91. The SMILES string of the molecule is CCc1nnc(CO/N=C(\C)c2ccc(NC(C)=O)cc2)n1C. The van der Waals surface area contributed by atoms with Crippen LogP contribution in [0.15, 0.2) is 29.4 Å². The number of aromatic nitrogens is 3. The second-order valence-electron chi connectivity index (χ2n) is 5.15. The Bertz CT molecular complexity index is 704. The van der Waals surface area contributed by atoms with Crippen LogP contribution in [0.2, 0.25) is 0 Å². The first kappa shape index (κ1) is 16.7. The molecule has 7 heteroatoms. The van der Waals surface area contributed by atoms with Crippen molar-refractivity contribution in [2.75, 3.05) is 5.32 Å². The van der Waals surface area contributed by atoms with Crippen LogP contribution in [0.1, 0.15) is 38.0 Å². The molecule has 2 aromatic rings. The van der Waals surface area contributed by atoms with Crippen molar-refractivity contribution in [1.82, 2.24) is 14.8 Å². The molecule has 0 bridgehead atoms. The maximum absolute atomic E-state index is 11.0. The van der Waals surface area contributed by atoms with E-state index in [2.05, 4.69) is 20.7 Å². The molecule has 1 heterocycles. The summed E-state index contributed by atoms with van der Waals surface area (Å²) in [5.74, 6) is 1.55. The van der Waals surface area contributed by atoms with Crippen molar-refractivity contribution < 1.29 is 9.63 Å². The Morgan fingerprint density at radius 2 is 1.87 bits per heavy atom. The van der Waals surface area contributed by atoms with E-state index in [4.69, 9.17) is 4.84 Å². The molecule has 1 aromatic heterocycles. The van der Waals surface area contributed by atoms with Crippen LogP contribution in [0.4, 0.5) is 5.69 Å². The molecule has 1 aromatic carbocycles. The fraction of sp³-hybridized carbons (Fsp3) is 0.375. The Hall–Kier alpha value is -2.70. The molecular weight excluding hydrogens is 294 g/mol. The van der Waals surface area contributed by atoms with Crippen LogP contribution in [0, 0.1) is 0 Å². The zero-order valence-corrected chi connectivity index (χ0v) is 13.8. The van der Waals surface area contributed by atoms with Gasteiger partial charge in [-0.05, 0) is 24.6 Å². The average Bonchev–Trinajstić information content (AvgIpc) is 2.88. The van der Waals surface area contributed by atoms with Crippen molar-refractivity contribution in [3.8, 4) is 0 Å². The third kappa shape index (κ3) is 4.38. The first-order chi connectivity index (χ1) is 11.0. The lowest BCUT2D eigenvalue weighted by Crippen LogP contribution is -2.06. The third-order valence-corrected chi connectivity index (χ3v) is 3.39. The van der Waals surface area contributed by atoms with Crippen LogP contribution in [0.5, 0.6) is 0 Å². The molecule has 7 nitrogen and oxygen atoms in total. The molecule has 0 atom stereocenters. The Kier molecular flexibility index (Phi) is 5.46. The largest absolute Gasteiger partial charge is 0.387 e. The van der Waals surface area contributed by atoms with Gasteiger partial charge in [-0.15, -0.1) is 10.2 Å². The Morgan fingerprint density at radius 3 is 2.43 bits per heavy atom. The van der Waals surface area contributed by atoms with E-state index >= 15 is 0 Å². The molecule has 122 valence electrons. The van der Waals surface area contributed by atoms with Gasteiger partial charge in [-0.3, -0.25) is 4.79 Å². The van der Waals surface area contributed by atoms with E-state index in [1.807, 2.05) is 49.7 Å². The molecule has 0 spiro atoms. The molecule has 1 N–H and O–H groups in total. The zero-order chi connectivity index (χ0) is 16.8. The van der Waals surface area contributed by atoms with Gasteiger partial charge in [0.05, 0.1) is 5.71 Å². The topological polar surface area (TPSA) is 81.4 Å². The number of rotatable bonds is 6. The lowest BCUT2D eigenvalue weighted by atomic mass is 10.1. The number of benzene rings is 1. The van der Waals surface area contributed by atoms with E-state index in [9.17, 15) is 4.79 Å². The van der Waals surface area contributed by atoms with E-state index in [0.29, 0.717) is 0 Å². The number of hydrogen-bond acceptors (Lipinski definition) is 5. The standard InChI is InChI=1S/C16H21N5O2/c1-5-15-18-19-16(21(15)4)10-23-20-11(2)13-6-8-14(9-7-13)17-12(3)22/h6-9H,5,10H2,1-4H3,(H,17,22)/b20-11+. The number of hydrogen-bond donors (Lipinski definition) is 1. The summed E-state index contributed by atoms with van der Waals surface area (Å²) in [5, 5.41) is 15.0. The van der Waals surface area contributed by atoms with Crippen LogP contribution in [-0.2, 0) is 29.7 Å². The van der Waals surface area contributed by atoms with Crippen LogP contribution in [0.3, 0.4) is 0 Å². The minimum Gasteiger partial charge on any atom is -0.387 e. The minimum atomic E-state index is -0.0957. The van der Waals surface area contributed by atoms with Crippen LogP contribution in [-0.4, -0.2) is 26.4 Å². The monoisotopic (exact) mass is 315 g/mol. The van der Waals surface area contributed by atoms with E-state index in [1.165, 1.54) is 6.92 Å². The summed E-state index contributed by atoms with van der Waals surface area (Å²) in [4.78, 5) is 16.4. The highest BCUT2D eigenvalue weighted by Gasteiger charge is 2.07. The van der Waals surface area contributed by atoms with Crippen LogP contribution in [0.25, 0.3) is 0 Å². The van der Waals surface area contributed by atoms with Crippen molar-refractivity contribution >= 4 is 17.3 Å². The van der Waals surface area contributed by atoms with E-state index in [1.54, 1.807) is 0 Å². The molecule has 1 amide bonds. The number of nitrogens with zero attached hydrogens (tertiary/aromatic N) is 4. The molecule has 0 aliphatic carbocycles. The van der Waals surface area contributed by atoms with Gasteiger partial charge in [0.15, 0.2) is 12.4 Å². The van der Waals surface area contributed by atoms with Gasteiger partial charge >= 0.3 is 0 Å². The molecule has 0 saturated heterocycles. The molecule has 0 saturated carbocycles. The predicted molar refractivity (Wildman–Crippen MR) is 88.1 cm³/mol. The van der Waals surface area contributed by atoms with Gasteiger partial charge in [-0.1, -0.05) is 24.2 Å². The molecule has 0 unspecified atom stereocenters. The maximum Gasteiger partial charge on any atom is 0.221 e. The first-order valence-corrected chi connectivity index (χ1v) is 7.43. The van der Waals surface area contributed by atoms with Crippen molar-refractivity contribution in [2.24, 2.45) is 12.2 Å². The summed E-state index contributed by atoms with van der Waals surface area (Å²) in [5.41, 5.74) is 2.42. The van der Waals surface area contributed by atoms with Gasteiger partial charge in [0.2, 0.25) is 5.91 Å². The second kappa shape index (κ2) is 7.53. The lowest BCUT2D eigenvalue weighted by Gasteiger charge is -2.05. The average molecular weight is 315 g/mol. The Morgan fingerprint density at radius 1 is 1.22 bits per heavy atom. The number of carbonyl (C=O) groups excluding carboxylic acids is 1. The fourth-order valence-electron chi connectivity index (χ4n) is 2.07. The van der Waals surface area contributed by atoms with E-state index < -0.39 is 0 Å². The zero-order valence-electron chi connectivity index (χ0n) is 13.8. The van der Waals surface area contributed by atoms with Gasteiger partial charge in [-0.2, -0.15) is 0 Å². The van der Waals surface area contributed by atoms with Crippen molar-refractivity contribution in [3.63, 3.8) is 0 Å².